The van der Waals surface area contributed by atoms with Gasteiger partial charge in [0.1, 0.15) is 6.04 Å². The first-order valence-electron chi connectivity index (χ1n) is 7.03. The van der Waals surface area contributed by atoms with Crippen molar-refractivity contribution in [2.24, 2.45) is 23.7 Å². The van der Waals surface area contributed by atoms with Gasteiger partial charge in [-0.3, -0.25) is 4.79 Å². The number of carbonyl (C=O) groups excluding carboxylic acids is 2. The SMILES string of the molecule is COC(=O)NC(C(=O)N1CC2C([C@H]2C)[C@H]1C)C(C)C. The maximum atomic E-state index is 12.6. The van der Waals surface area contributed by atoms with Crippen LogP contribution in [-0.2, 0) is 9.53 Å². The van der Waals surface area contributed by atoms with Gasteiger partial charge < -0.3 is 15.0 Å². The molecule has 1 N–H and O–H groups in total. The number of rotatable bonds is 3. The maximum Gasteiger partial charge on any atom is 0.407 e. The molecule has 0 aromatic carbocycles. The molecule has 0 aromatic heterocycles. The fraction of sp³-hybridized carbons (Fsp3) is 0.857. The van der Waals surface area contributed by atoms with Crippen LogP contribution < -0.4 is 5.32 Å². The second-order valence-corrected chi connectivity index (χ2v) is 6.19. The molecule has 0 radical (unpaired) electrons. The van der Waals surface area contributed by atoms with Crippen LogP contribution in [0.5, 0.6) is 0 Å². The second kappa shape index (κ2) is 5.02. The molecule has 0 aromatic rings. The molecule has 1 aliphatic carbocycles. The molecule has 1 heterocycles. The van der Waals surface area contributed by atoms with Crippen molar-refractivity contribution in [1.82, 2.24) is 10.2 Å². The molecule has 2 fully saturated rings. The molecule has 108 valence electrons. The fourth-order valence-electron chi connectivity index (χ4n) is 3.43. The Kier molecular flexibility index (Phi) is 3.74. The van der Waals surface area contributed by atoms with Crippen molar-refractivity contribution in [3.05, 3.63) is 0 Å². The van der Waals surface area contributed by atoms with Crippen molar-refractivity contribution in [3.8, 4) is 0 Å². The van der Waals surface area contributed by atoms with Crippen molar-refractivity contribution >= 4 is 12.0 Å². The normalized spacial score (nSPS) is 33.9. The van der Waals surface area contributed by atoms with E-state index in [0.717, 1.165) is 12.5 Å². The van der Waals surface area contributed by atoms with Crippen LogP contribution in [0.15, 0.2) is 0 Å². The highest BCUT2D eigenvalue weighted by Gasteiger charge is 2.58. The lowest BCUT2D eigenvalue weighted by Gasteiger charge is -2.31. The smallest absolute Gasteiger partial charge is 0.407 e. The molecule has 0 spiro atoms. The predicted molar refractivity (Wildman–Crippen MR) is 71.5 cm³/mol. The topological polar surface area (TPSA) is 58.6 Å². The molecule has 1 saturated carbocycles. The Morgan fingerprint density at radius 2 is 1.95 bits per heavy atom. The first kappa shape index (κ1) is 14.2. The molecule has 5 atom stereocenters. The first-order valence-corrected chi connectivity index (χ1v) is 7.03. The maximum absolute atomic E-state index is 12.6. The summed E-state index contributed by atoms with van der Waals surface area (Å²) in [5.74, 6) is 2.12. The summed E-state index contributed by atoms with van der Waals surface area (Å²) >= 11 is 0. The highest BCUT2D eigenvalue weighted by Crippen LogP contribution is 2.54. The van der Waals surface area contributed by atoms with Gasteiger partial charge in [-0.05, 0) is 30.6 Å². The number of amides is 2. The van der Waals surface area contributed by atoms with Gasteiger partial charge in [0, 0.05) is 12.6 Å². The molecule has 5 heteroatoms. The number of carbonyl (C=O) groups is 2. The Bertz CT molecular complexity index is 383. The summed E-state index contributed by atoms with van der Waals surface area (Å²) in [6.07, 6.45) is -0.544. The number of nitrogens with zero attached hydrogens (tertiary/aromatic N) is 1. The molecule has 2 rings (SSSR count). The van der Waals surface area contributed by atoms with Gasteiger partial charge in [0.2, 0.25) is 5.91 Å². The van der Waals surface area contributed by atoms with E-state index in [4.69, 9.17) is 0 Å². The van der Waals surface area contributed by atoms with Gasteiger partial charge in [0.05, 0.1) is 7.11 Å². The van der Waals surface area contributed by atoms with Crippen molar-refractivity contribution < 1.29 is 14.3 Å². The number of nitrogens with one attached hydrogen (secondary N) is 1. The van der Waals surface area contributed by atoms with E-state index >= 15 is 0 Å². The van der Waals surface area contributed by atoms with Gasteiger partial charge in [0.25, 0.3) is 0 Å². The molecule has 3 unspecified atom stereocenters. The molecule has 1 saturated heterocycles. The zero-order valence-corrected chi connectivity index (χ0v) is 12.3. The van der Waals surface area contributed by atoms with Gasteiger partial charge in [-0.1, -0.05) is 20.8 Å². The van der Waals surface area contributed by atoms with Gasteiger partial charge in [-0.15, -0.1) is 0 Å². The van der Waals surface area contributed by atoms with E-state index in [9.17, 15) is 9.59 Å². The van der Waals surface area contributed by atoms with Crippen LogP contribution in [0.2, 0.25) is 0 Å². The van der Waals surface area contributed by atoms with E-state index in [1.165, 1.54) is 7.11 Å². The van der Waals surface area contributed by atoms with Crippen molar-refractivity contribution in [2.75, 3.05) is 13.7 Å². The van der Waals surface area contributed by atoms with Crippen LogP contribution in [-0.4, -0.2) is 42.6 Å². The standard InChI is InChI=1S/C14H24N2O3/c1-7(2)12(15-14(18)19-5)13(17)16-6-10-8(3)11(10)9(16)4/h7-12H,6H2,1-5H3,(H,15,18)/t8-,9+,10?,11?,12?/m0/s1. The average molecular weight is 268 g/mol. The zero-order valence-electron chi connectivity index (χ0n) is 12.3. The fourth-order valence-corrected chi connectivity index (χ4v) is 3.43. The number of piperidine rings is 1. The van der Waals surface area contributed by atoms with Crippen LogP contribution >= 0.6 is 0 Å². The molecule has 0 bridgehead atoms. The number of fused-ring (bicyclic) bond motifs is 1. The van der Waals surface area contributed by atoms with Crippen molar-refractivity contribution in [3.63, 3.8) is 0 Å². The zero-order chi connectivity index (χ0) is 14.3. The van der Waals surface area contributed by atoms with E-state index in [-0.39, 0.29) is 17.9 Å². The average Bonchev–Trinajstić information content (AvgIpc) is 2.85. The molecule has 2 aliphatic rings. The Labute approximate surface area is 114 Å². The lowest BCUT2D eigenvalue weighted by molar-refractivity contribution is -0.135. The van der Waals surface area contributed by atoms with Crippen LogP contribution in [0.3, 0.4) is 0 Å². The minimum Gasteiger partial charge on any atom is -0.453 e. The second-order valence-electron chi connectivity index (χ2n) is 6.19. The van der Waals surface area contributed by atoms with Crippen LogP contribution in [0.1, 0.15) is 27.7 Å². The van der Waals surface area contributed by atoms with Gasteiger partial charge in [0.15, 0.2) is 0 Å². The van der Waals surface area contributed by atoms with Crippen LogP contribution in [0, 0.1) is 23.7 Å². The van der Waals surface area contributed by atoms with Gasteiger partial charge in [-0.2, -0.15) is 0 Å². The Morgan fingerprint density at radius 1 is 1.32 bits per heavy atom. The van der Waals surface area contributed by atoms with E-state index in [0.29, 0.717) is 11.8 Å². The van der Waals surface area contributed by atoms with Crippen LogP contribution in [0.25, 0.3) is 0 Å². The summed E-state index contributed by atoms with van der Waals surface area (Å²) in [5, 5.41) is 2.65. The van der Waals surface area contributed by atoms with Gasteiger partial charge in [-0.25, -0.2) is 4.79 Å². The highest BCUT2D eigenvalue weighted by molar-refractivity contribution is 5.86. The number of alkyl carbamates (subject to hydrolysis) is 1. The third kappa shape index (κ3) is 2.42. The summed E-state index contributed by atoms with van der Waals surface area (Å²) in [7, 11) is 1.31. The molecule has 19 heavy (non-hydrogen) atoms. The third-order valence-electron chi connectivity index (χ3n) is 4.77. The van der Waals surface area contributed by atoms with Crippen LogP contribution in [0.4, 0.5) is 4.79 Å². The molecule has 2 amide bonds. The monoisotopic (exact) mass is 268 g/mol. The summed E-state index contributed by atoms with van der Waals surface area (Å²) in [4.78, 5) is 25.9. The van der Waals surface area contributed by atoms with E-state index < -0.39 is 12.1 Å². The number of methoxy groups -OCH3 is 1. The Hall–Kier alpha value is -1.26. The number of ether oxygens (including phenoxy) is 1. The first-order chi connectivity index (χ1) is 8.88. The largest absolute Gasteiger partial charge is 0.453 e. The molecular weight excluding hydrogens is 244 g/mol. The summed E-state index contributed by atoms with van der Waals surface area (Å²) < 4.78 is 4.60. The summed E-state index contributed by atoms with van der Waals surface area (Å²) in [5.41, 5.74) is 0. The highest BCUT2D eigenvalue weighted by atomic mass is 16.5. The molecule has 5 nitrogen and oxygen atoms in total. The van der Waals surface area contributed by atoms with E-state index in [2.05, 4.69) is 23.9 Å². The number of likely N-dealkylation sites (tertiary alicyclic amines) is 1. The van der Waals surface area contributed by atoms with E-state index in [1.807, 2.05) is 18.7 Å². The van der Waals surface area contributed by atoms with Gasteiger partial charge >= 0.3 is 6.09 Å². The Morgan fingerprint density at radius 3 is 2.37 bits per heavy atom. The minimum atomic E-state index is -0.544. The molecule has 1 aliphatic heterocycles. The number of hydrogen-bond donors (Lipinski definition) is 1. The Balaban J connectivity index is 2.02. The quantitative estimate of drug-likeness (QED) is 0.843. The van der Waals surface area contributed by atoms with Crippen molar-refractivity contribution in [1.29, 1.82) is 0 Å². The third-order valence-corrected chi connectivity index (χ3v) is 4.77. The summed E-state index contributed by atoms with van der Waals surface area (Å²) in [6, 6.07) is -0.212. The predicted octanol–water partition coefficient (Wildman–Crippen LogP) is 1.48. The van der Waals surface area contributed by atoms with Crippen molar-refractivity contribution in [2.45, 2.75) is 39.8 Å². The van der Waals surface area contributed by atoms with E-state index in [1.54, 1.807) is 0 Å². The lowest BCUT2D eigenvalue weighted by atomic mass is 10.0. The summed E-state index contributed by atoms with van der Waals surface area (Å²) in [6.45, 7) is 9.06. The number of hydrogen-bond acceptors (Lipinski definition) is 3. The minimum absolute atomic E-state index is 0.0206. The molecular formula is C14H24N2O3. The lowest BCUT2D eigenvalue weighted by Crippen LogP contribution is -2.53.